The van der Waals surface area contributed by atoms with E-state index in [2.05, 4.69) is 36.6 Å². The maximum atomic E-state index is 11.0. The van der Waals surface area contributed by atoms with Gasteiger partial charge in [0, 0.05) is 0 Å². The maximum Gasteiger partial charge on any atom is 0.218 e. The summed E-state index contributed by atoms with van der Waals surface area (Å²) >= 11 is 0. The zero-order valence-electron chi connectivity index (χ0n) is 14.1. The van der Waals surface area contributed by atoms with Gasteiger partial charge in [0.15, 0.2) is 12.2 Å². The molecule has 6 atom stereocenters. The summed E-state index contributed by atoms with van der Waals surface area (Å²) in [5.74, 6) is 0. The van der Waals surface area contributed by atoms with Crippen LogP contribution in [-0.2, 0) is 78.2 Å². The Morgan fingerprint density at radius 3 is 0.750 bits per heavy atom. The molecule has 0 spiro atoms. The van der Waals surface area contributed by atoms with Gasteiger partial charge in [0.2, 0.25) is 41.6 Å². The standard InChI is InChI=1S/C6H12O22S4/c7-27-21-1-2(22-28-8)4(24-30(12,13)14)6(26-32(18,19)20)5(25-31(15,16)17)3(1)23-29(9,10)11/h1-8H,(H,9,10,11)(H,12,13,14)(H,15,16,17)(H,18,19,20)/p-6. The molecule has 26 heteroatoms. The van der Waals surface area contributed by atoms with Crippen molar-refractivity contribution in [1.29, 1.82) is 0 Å². The average Bonchev–Trinajstić information content (AvgIpc) is 2.53. The molecule has 0 N–H and O–H groups in total. The van der Waals surface area contributed by atoms with E-state index in [0.717, 1.165) is 0 Å². The molecule has 0 aromatic heterocycles. The number of hydrogen-bond donors (Lipinski definition) is 0. The molecule has 22 nitrogen and oxygen atoms in total. The van der Waals surface area contributed by atoms with Gasteiger partial charge in [0.05, 0.1) is 0 Å². The van der Waals surface area contributed by atoms with E-state index in [0.29, 0.717) is 0 Å². The molecule has 1 aliphatic carbocycles. The van der Waals surface area contributed by atoms with E-state index in [-0.39, 0.29) is 0 Å². The first-order valence-corrected chi connectivity index (χ1v) is 12.1. The number of rotatable bonds is 12. The van der Waals surface area contributed by atoms with Gasteiger partial charge in [-0.15, -0.1) is 0 Å². The first kappa shape index (κ1) is 29.3. The predicted octanol–water partition coefficient (Wildman–Crippen LogP) is -7.43. The zero-order valence-corrected chi connectivity index (χ0v) is 17.3. The van der Waals surface area contributed by atoms with E-state index in [1.807, 2.05) is 0 Å². The van der Waals surface area contributed by atoms with Crippen molar-refractivity contribution < 1.29 is 99.0 Å². The average molecular weight is 558 g/mol. The minimum Gasteiger partial charge on any atom is -0.726 e. The second-order valence-corrected chi connectivity index (χ2v) is 9.17. The molecule has 0 bridgehead atoms. The quantitative estimate of drug-likeness (QED) is 0.0928. The minimum absolute atomic E-state index is 2.84. The van der Waals surface area contributed by atoms with Crippen molar-refractivity contribution in [2.24, 2.45) is 0 Å². The third-order valence-electron chi connectivity index (χ3n) is 3.16. The van der Waals surface area contributed by atoms with Crippen LogP contribution in [0.2, 0.25) is 0 Å². The van der Waals surface area contributed by atoms with Crippen molar-refractivity contribution in [1.82, 2.24) is 0 Å². The van der Waals surface area contributed by atoms with Crippen LogP contribution in [0.4, 0.5) is 0 Å². The van der Waals surface area contributed by atoms with Crippen molar-refractivity contribution in [3.63, 3.8) is 0 Å². The normalized spacial score (nSPS) is 30.3. The highest BCUT2D eigenvalue weighted by Gasteiger charge is 2.59. The van der Waals surface area contributed by atoms with E-state index >= 15 is 0 Å². The van der Waals surface area contributed by atoms with Crippen LogP contribution >= 0.6 is 0 Å². The molecule has 32 heavy (non-hydrogen) atoms. The summed E-state index contributed by atoms with van der Waals surface area (Å²) in [5.41, 5.74) is 0. The second-order valence-electron chi connectivity index (χ2n) is 5.13. The lowest BCUT2D eigenvalue weighted by molar-refractivity contribution is -0.823. The molecule has 1 saturated carbocycles. The van der Waals surface area contributed by atoms with Gasteiger partial charge in [-0.05, 0) is 0 Å². The highest BCUT2D eigenvalue weighted by atomic mass is 32.3. The largest absolute Gasteiger partial charge is 0.726 e. The van der Waals surface area contributed by atoms with Crippen molar-refractivity contribution in [3.05, 3.63) is 0 Å². The first-order valence-electron chi connectivity index (χ1n) is 6.75. The lowest BCUT2D eigenvalue weighted by Gasteiger charge is -2.47. The zero-order chi connectivity index (χ0) is 25.1. The Hall–Kier alpha value is -0.760. The number of hydrogen-bond acceptors (Lipinski definition) is 22. The lowest BCUT2D eigenvalue weighted by Crippen LogP contribution is -2.68. The molecular weight excluding hydrogens is 552 g/mol. The minimum atomic E-state index is -6.13. The Balaban J connectivity index is 3.85. The van der Waals surface area contributed by atoms with Crippen LogP contribution in [-0.4, -0.2) is 88.5 Å². The molecule has 0 radical (unpaired) electrons. The molecule has 0 aromatic rings. The highest BCUT2D eigenvalue weighted by Crippen LogP contribution is 2.36. The Morgan fingerprint density at radius 1 is 0.406 bits per heavy atom. The van der Waals surface area contributed by atoms with E-state index in [1.165, 1.54) is 0 Å². The van der Waals surface area contributed by atoms with Gasteiger partial charge in [-0.1, -0.05) is 0 Å². The lowest BCUT2D eigenvalue weighted by atomic mass is 9.85. The fourth-order valence-electron chi connectivity index (χ4n) is 2.41. The summed E-state index contributed by atoms with van der Waals surface area (Å²) in [5, 5.41) is 26.4. The highest BCUT2D eigenvalue weighted by molar-refractivity contribution is 7.81. The molecule has 1 aliphatic rings. The van der Waals surface area contributed by atoms with Crippen LogP contribution in [0.25, 0.3) is 0 Å². The third kappa shape index (κ3) is 9.62. The Kier molecular flexibility index (Phi) is 9.75. The molecule has 0 amide bonds. The summed E-state index contributed by atoms with van der Waals surface area (Å²) in [6, 6.07) is 0. The van der Waals surface area contributed by atoms with Crippen LogP contribution in [0.5, 0.6) is 0 Å². The van der Waals surface area contributed by atoms with Crippen molar-refractivity contribution in [3.8, 4) is 0 Å². The van der Waals surface area contributed by atoms with Gasteiger partial charge in [-0.2, -0.15) is 0 Å². The molecular formula is C6H6O22S4-6. The summed E-state index contributed by atoms with van der Waals surface area (Å²) in [4.78, 5) is 7.62. The smallest absolute Gasteiger partial charge is 0.218 e. The second kappa shape index (κ2) is 10.7. The molecule has 1 fully saturated rings. The monoisotopic (exact) mass is 558 g/mol. The van der Waals surface area contributed by atoms with E-state index in [1.54, 1.807) is 0 Å². The van der Waals surface area contributed by atoms with E-state index in [9.17, 15) is 62.4 Å². The van der Waals surface area contributed by atoms with E-state index < -0.39 is 78.2 Å². The molecule has 0 saturated heterocycles. The first-order chi connectivity index (χ1) is 14.3. The van der Waals surface area contributed by atoms with Crippen molar-refractivity contribution >= 4 is 41.6 Å². The van der Waals surface area contributed by atoms with Crippen LogP contribution < -0.4 is 10.5 Å². The SMILES string of the molecule is O=S(=O)([O-])OC1C(OO[O-])C(OO[O-])C(OS(=O)(=O)[O-])C(OS(=O)(=O)[O-])C1OS(=O)(=O)[O-]. The summed E-state index contributed by atoms with van der Waals surface area (Å²) in [7, 11) is -24.4. The summed E-state index contributed by atoms with van der Waals surface area (Å²) < 4.78 is 147. The molecule has 1 rings (SSSR count). The molecule has 0 aromatic carbocycles. The summed E-state index contributed by atoms with van der Waals surface area (Å²) in [6.07, 6.45) is -18.5. The molecule has 192 valence electrons. The van der Waals surface area contributed by atoms with Crippen LogP contribution in [0.3, 0.4) is 0 Å². The van der Waals surface area contributed by atoms with Crippen LogP contribution in [0.1, 0.15) is 0 Å². The van der Waals surface area contributed by atoms with Gasteiger partial charge in [-0.3, -0.25) is 26.8 Å². The van der Waals surface area contributed by atoms with E-state index in [4.69, 9.17) is 0 Å². The van der Waals surface area contributed by atoms with Crippen molar-refractivity contribution in [2.75, 3.05) is 0 Å². The van der Waals surface area contributed by atoms with Crippen molar-refractivity contribution in [2.45, 2.75) is 36.6 Å². The molecule has 0 aliphatic heterocycles. The summed E-state index contributed by atoms with van der Waals surface area (Å²) in [6.45, 7) is 0. The predicted molar refractivity (Wildman–Crippen MR) is 70.2 cm³/mol. The topological polar surface area (TPSA) is 349 Å². The van der Waals surface area contributed by atoms with Gasteiger partial charge in [0.25, 0.3) is 0 Å². The fraction of sp³-hybridized carbons (Fsp3) is 1.00. The van der Waals surface area contributed by atoms with Crippen LogP contribution in [0, 0.1) is 0 Å². The molecule has 6 unspecified atom stereocenters. The van der Waals surface area contributed by atoms with Gasteiger partial charge >= 0.3 is 0 Å². The maximum absolute atomic E-state index is 11.0. The Labute approximate surface area is 177 Å². The van der Waals surface area contributed by atoms with Gasteiger partial charge in [0.1, 0.15) is 24.4 Å². The van der Waals surface area contributed by atoms with Crippen LogP contribution in [0.15, 0.2) is 0 Å². The van der Waals surface area contributed by atoms with Gasteiger partial charge < -0.3 is 28.7 Å². The Bertz CT molecular complexity index is 954. The fourth-order valence-corrected chi connectivity index (χ4v) is 4.38. The Morgan fingerprint density at radius 2 is 0.594 bits per heavy atom. The van der Waals surface area contributed by atoms with Gasteiger partial charge in [-0.25, -0.2) is 43.4 Å². The third-order valence-corrected chi connectivity index (χ3v) is 4.99. The molecule has 0 heterocycles.